The minimum Gasteiger partial charge on any atom is -0.430 e. The lowest BCUT2D eigenvalue weighted by molar-refractivity contribution is 0.102. The molecule has 1 heterocycles. The Hall–Kier alpha value is -3.63. The van der Waals surface area contributed by atoms with Crippen molar-refractivity contribution < 1.29 is 22.3 Å². The smallest absolute Gasteiger partial charge is 0.300 e. The predicted octanol–water partition coefficient (Wildman–Crippen LogP) is 5.26. The number of hydrogen-bond donors (Lipinski definition) is 1. The minimum atomic E-state index is -3.75. The summed E-state index contributed by atoms with van der Waals surface area (Å²) in [7, 11) is -3.75. The minimum absolute atomic E-state index is 0.139. The number of aryl methyl sites for hydroxylation is 1. The van der Waals surface area contributed by atoms with Gasteiger partial charge < -0.3 is 10.1 Å². The van der Waals surface area contributed by atoms with Crippen molar-refractivity contribution in [1.29, 1.82) is 0 Å². The fourth-order valence-electron chi connectivity index (χ4n) is 3.06. The van der Waals surface area contributed by atoms with E-state index < -0.39 is 15.7 Å². The van der Waals surface area contributed by atoms with E-state index in [4.69, 9.17) is 4.74 Å². The number of nitrogens with zero attached hydrogens (tertiary/aromatic N) is 2. The molecule has 0 saturated carbocycles. The van der Waals surface area contributed by atoms with Gasteiger partial charge in [-0.3, -0.25) is 4.79 Å². The Morgan fingerprint density at radius 3 is 2.44 bits per heavy atom. The first-order valence-electron chi connectivity index (χ1n) is 10.3. The van der Waals surface area contributed by atoms with Crippen LogP contribution in [-0.2, 0) is 22.0 Å². The second kappa shape index (κ2) is 10.1. The average Bonchev–Trinajstić information content (AvgIpc) is 3.30. The first-order valence-corrected chi connectivity index (χ1v) is 12.8. The SMILES string of the molecule is CCc1cccc(Oc2nnc(S(=O)(=O)Cc3ccc(C(=O)Nc4ccc(F)cc4)cc3)s2)c1. The lowest BCUT2D eigenvalue weighted by Crippen LogP contribution is -2.12. The van der Waals surface area contributed by atoms with E-state index in [1.165, 1.54) is 36.4 Å². The maximum absolute atomic E-state index is 13.0. The largest absolute Gasteiger partial charge is 0.430 e. The second-order valence-electron chi connectivity index (χ2n) is 7.35. The second-order valence-corrected chi connectivity index (χ2v) is 10.5. The van der Waals surface area contributed by atoms with Gasteiger partial charge in [0.05, 0.1) is 5.75 Å². The van der Waals surface area contributed by atoms with Crippen molar-refractivity contribution in [2.75, 3.05) is 5.32 Å². The molecule has 4 rings (SSSR count). The molecule has 0 fully saturated rings. The van der Waals surface area contributed by atoms with Crippen LogP contribution in [0.5, 0.6) is 10.9 Å². The average molecular weight is 498 g/mol. The molecule has 1 amide bonds. The van der Waals surface area contributed by atoms with E-state index in [2.05, 4.69) is 15.5 Å². The van der Waals surface area contributed by atoms with Crippen molar-refractivity contribution in [3.8, 4) is 10.9 Å². The number of benzene rings is 3. The van der Waals surface area contributed by atoms with Crippen LogP contribution in [0.4, 0.5) is 10.1 Å². The van der Waals surface area contributed by atoms with Gasteiger partial charge in [-0.2, -0.15) is 0 Å². The van der Waals surface area contributed by atoms with E-state index >= 15 is 0 Å². The number of sulfone groups is 1. The van der Waals surface area contributed by atoms with Crippen LogP contribution in [0.2, 0.25) is 0 Å². The zero-order valence-corrected chi connectivity index (χ0v) is 19.7. The number of carbonyl (C=O) groups is 1. The number of aromatic nitrogens is 2. The van der Waals surface area contributed by atoms with Crippen molar-refractivity contribution in [3.63, 3.8) is 0 Å². The highest BCUT2D eigenvalue weighted by molar-refractivity contribution is 7.92. The molecule has 3 aromatic carbocycles. The van der Waals surface area contributed by atoms with Crippen LogP contribution < -0.4 is 10.1 Å². The third-order valence-corrected chi connectivity index (χ3v) is 7.78. The van der Waals surface area contributed by atoms with Crippen LogP contribution in [0.25, 0.3) is 0 Å². The highest BCUT2D eigenvalue weighted by Gasteiger charge is 2.22. The lowest BCUT2D eigenvalue weighted by Gasteiger charge is -2.06. The van der Waals surface area contributed by atoms with Gasteiger partial charge >= 0.3 is 5.19 Å². The van der Waals surface area contributed by atoms with Crippen molar-refractivity contribution in [1.82, 2.24) is 10.2 Å². The third kappa shape index (κ3) is 5.83. The molecule has 0 aliphatic heterocycles. The number of ether oxygens (including phenoxy) is 1. The number of halogens is 1. The summed E-state index contributed by atoms with van der Waals surface area (Å²) < 4.78 is 44.1. The summed E-state index contributed by atoms with van der Waals surface area (Å²) in [4.78, 5) is 12.4. The van der Waals surface area contributed by atoms with E-state index in [1.54, 1.807) is 18.2 Å². The summed E-state index contributed by atoms with van der Waals surface area (Å²) in [6.45, 7) is 2.03. The maximum Gasteiger partial charge on any atom is 0.300 e. The molecule has 7 nitrogen and oxygen atoms in total. The molecule has 0 bridgehead atoms. The molecular formula is C24H20FN3O4S2. The summed E-state index contributed by atoms with van der Waals surface area (Å²) in [6.07, 6.45) is 0.847. The van der Waals surface area contributed by atoms with E-state index in [9.17, 15) is 17.6 Å². The number of amides is 1. The van der Waals surface area contributed by atoms with Crippen LogP contribution in [0.1, 0.15) is 28.4 Å². The van der Waals surface area contributed by atoms with Crippen molar-refractivity contribution in [3.05, 3.63) is 95.3 Å². The van der Waals surface area contributed by atoms with Gasteiger partial charge in [-0.1, -0.05) is 36.3 Å². The molecule has 1 aromatic heterocycles. The van der Waals surface area contributed by atoms with Gasteiger partial charge in [-0.05, 0) is 77.4 Å². The molecule has 0 aliphatic rings. The zero-order valence-electron chi connectivity index (χ0n) is 18.1. The molecule has 1 N–H and O–H groups in total. The Bertz CT molecular complexity index is 1400. The fraction of sp³-hybridized carbons (Fsp3) is 0.125. The molecule has 0 atom stereocenters. The summed E-state index contributed by atoms with van der Waals surface area (Å²) in [5.41, 5.74) is 2.37. The number of rotatable bonds is 8. The lowest BCUT2D eigenvalue weighted by atomic mass is 10.1. The number of hydrogen-bond acceptors (Lipinski definition) is 7. The fourth-order valence-corrected chi connectivity index (χ4v) is 5.33. The molecule has 0 aliphatic carbocycles. The molecule has 0 spiro atoms. The molecule has 10 heteroatoms. The van der Waals surface area contributed by atoms with Crippen LogP contribution in [0, 0.1) is 5.82 Å². The maximum atomic E-state index is 13.0. The molecule has 4 aromatic rings. The van der Waals surface area contributed by atoms with E-state index in [1.807, 2.05) is 25.1 Å². The zero-order chi connectivity index (χ0) is 24.1. The van der Waals surface area contributed by atoms with Crippen LogP contribution in [-0.4, -0.2) is 24.5 Å². The molecular weight excluding hydrogens is 477 g/mol. The number of anilines is 1. The van der Waals surface area contributed by atoms with Crippen LogP contribution in [0.3, 0.4) is 0 Å². The van der Waals surface area contributed by atoms with E-state index in [-0.39, 0.29) is 21.2 Å². The topological polar surface area (TPSA) is 98.2 Å². The Kier molecular flexibility index (Phi) is 6.99. The van der Waals surface area contributed by atoms with Gasteiger partial charge in [0.1, 0.15) is 11.6 Å². The normalized spacial score (nSPS) is 11.2. The Morgan fingerprint density at radius 2 is 1.74 bits per heavy atom. The predicted molar refractivity (Wildman–Crippen MR) is 127 cm³/mol. The van der Waals surface area contributed by atoms with Crippen molar-refractivity contribution >= 4 is 32.8 Å². The monoisotopic (exact) mass is 497 g/mol. The van der Waals surface area contributed by atoms with Gasteiger partial charge in [0.2, 0.25) is 14.2 Å². The molecule has 174 valence electrons. The quantitative estimate of drug-likeness (QED) is 0.357. The molecule has 0 radical (unpaired) electrons. The summed E-state index contributed by atoms with van der Waals surface area (Å²) in [6, 6.07) is 19.0. The Labute approximate surface area is 200 Å². The van der Waals surface area contributed by atoms with E-state index in [0.717, 1.165) is 23.3 Å². The highest BCUT2D eigenvalue weighted by atomic mass is 32.2. The summed E-state index contributed by atoms with van der Waals surface area (Å²) in [5.74, 6) is -0.524. The Morgan fingerprint density at radius 1 is 1.00 bits per heavy atom. The first-order chi connectivity index (χ1) is 16.3. The van der Waals surface area contributed by atoms with Gasteiger partial charge in [0.15, 0.2) is 0 Å². The molecule has 34 heavy (non-hydrogen) atoms. The van der Waals surface area contributed by atoms with Gasteiger partial charge in [0, 0.05) is 11.3 Å². The van der Waals surface area contributed by atoms with E-state index in [0.29, 0.717) is 22.6 Å². The number of nitrogens with one attached hydrogen (secondary N) is 1. The standard InChI is InChI=1S/C24H20FN3O4S2/c1-2-16-4-3-5-21(14-16)32-23-27-28-24(33-23)34(30,31)15-17-6-8-18(9-7-17)22(29)26-20-12-10-19(25)11-13-20/h3-14H,2,15H2,1H3,(H,26,29). The summed E-state index contributed by atoms with van der Waals surface area (Å²) in [5, 5.41) is 10.4. The summed E-state index contributed by atoms with van der Waals surface area (Å²) >= 11 is 0.854. The highest BCUT2D eigenvalue weighted by Crippen LogP contribution is 2.29. The Balaban J connectivity index is 1.41. The van der Waals surface area contributed by atoms with Gasteiger partial charge in [0.25, 0.3) is 5.91 Å². The van der Waals surface area contributed by atoms with Gasteiger partial charge in [-0.15, -0.1) is 5.10 Å². The first kappa shape index (κ1) is 23.5. The molecule has 0 unspecified atom stereocenters. The van der Waals surface area contributed by atoms with Crippen LogP contribution in [0.15, 0.2) is 77.1 Å². The third-order valence-electron chi connectivity index (χ3n) is 4.84. The van der Waals surface area contributed by atoms with Crippen molar-refractivity contribution in [2.24, 2.45) is 0 Å². The number of carbonyl (C=O) groups excluding carboxylic acids is 1. The van der Waals surface area contributed by atoms with Gasteiger partial charge in [-0.25, -0.2) is 12.8 Å². The van der Waals surface area contributed by atoms with Crippen LogP contribution >= 0.6 is 11.3 Å². The molecule has 0 saturated heterocycles. The van der Waals surface area contributed by atoms with Crippen molar-refractivity contribution in [2.45, 2.75) is 23.4 Å².